The number of fused-ring (bicyclic) bond motifs is 17. The van der Waals surface area contributed by atoms with E-state index in [1.54, 1.807) is 22.3 Å². The molecule has 3 nitrogen and oxygen atoms in total. The second-order valence-corrected chi connectivity index (χ2v) is 31.3. The number of hydrogen-bond donors (Lipinski definition) is 0. The van der Waals surface area contributed by atoms with Crippen LogP contribution in [0.1, 0.15) is 277 Å². The van der Waals surface area contributed by atoms with Gasteiger partial charge in [0.05, 0.1) is 5.69 Å². The lowest BCUT2D eigenvalue weighted by molar-refractivity contribution is 0.394. The summed E-state index contributed by atoms with van der Waals surface area (Å²) in [6, 6.07) is 59.9. The van der Waals surface area contributed by atoms with Crippen LogP contribution in [-0.2, 0) is 16.2 Å². The monoisotopic (exact) mass is 1300 g/mol. The van der Waals surface area contributed by atoms with E-state index in [0.717, 1.165) is 35.2 Å². The number of rotatable bonds is 32. The number of para-hydroxylation sites is 2. The molecule has 0 saturated carbocycles. The van der Waals surface area contributed by atoms with Crippen molar-refractivity contribution in [2.75, 3.05) is 4.90 Å². The summed E-state index contributed by atoms with van der Waals surface area (Å²) in [5.74, 6) is 0. The van der Waals surface area contributed by atoms with Gasteiger partial charge in [-0.15, -0.1) is 0 Å². The Hall–Kier alpha value is -7.62. The van der Waals surface area contributed by atoms with Gasteiger partial charge in [-0.1, -0.05) is 292 Å². The SMILES string of the molecule is CCCCCCCCC1(CCCCCCCC)c2cc(N(c3ccc4c(c3)C(C)(C)c3cc(-c5ccccc5C)c5oc6ccccc6c5c3-4)c3c(C)cc(C)cc3C)ccc2-c2cc3c(cc21)-c1c(ccc2oc4ccccc4c12)C3(CCCCCCCC)CCCCCCCC. The van der Waals surface area contributed by atoms with E-state index in [1.807, 2.05) is 0 Å². The molecule has 0 amide bonds. The summed E-state index contributed by atoms with van der Waals surface area (Å²) in [4.78, 5) is 2.69. The Morgan fingerprint density at radius 2 is 0.765 bits per heavy atom. The molecule has 0 unspecified atom stereocenters. The van der Waals surface area contributed by atoms with Gasteiger partial charge in [0.2, 0.25) is 0 Å². The first kappa shape index (κ1) is 67.6. The number of hydrogen-bond acceptors (Lipinski definition) is 3. The number of unbranched alkanes of at least 4 members (excludes halogenated alkanes) is 20. The van der Waals surface area contributed by atoms with Crippen LogP contribution in [0.15, 0.2) is 160 Å². The Balaban J connectivity index is 0.983. The number of nitrogens with zero attached hydrogens (tertiary/aromatic N) is 1. The minimum atomic E-state index is -0.316. The maximum absolute atomic E-state index is 7.01. The molecule has 2 aromatic heterocycles. The molecule has 0 spiro atoms. The van der Waals surface area contributed by atoms with Gasteiger partial charge in [-0.05, 0) is 203 Å². The van der Waals surface area contributed by atoms with Crippen molar-refractivity contribution in [2.45, 2.75) is 265 Å². The smallest absolute Gasteiger partial charge is 0.143 e. The lowest BCUT2D eigenvalue weighted by Crippen LogP contribution is -2.27. The van der Waals surface area contributed by atoms with Gasteiger partial charge in [-0.3, -0.25) is 0 Å². The van der Waals surface area contributed by atoms with Gasteiger partial charge in [-0.2, -0.15) is 0 Å². The van der Waals surface area contributed by atoms with E-state index in [0.29, 0.717) is 0 Å². The van der Waals surface area contributed by atoms with Crippen LogP contribution in [0.3, 0.4) is 0 Å². The van der Waals surface area contributed by atoms with E-state index in [2.05, 4.69) is 226 Å². The van der Waals surface area contributed by atoms with E-state index in [1.165, 1.54) is 283 Å². The summed E-state index contributed by atoms with van der Waals surface area (Å²) < 4.78 is 13.9. The van der Waals surface area contributed by atoms with Gasteiger partial charge in [0, 0.05) is 54.7 Å². The molecule has 3 aliphatic rings. The highest BCUT2D eigenvalue weighted by atomic mass is 16.3. The lowest BCUT2D eigenvalue weighted by Gasteiger charge is -2.35. The lowest BCUT2D eigenvalue weighted by atomic mass is 9.68. The molecule has 0 saturated heterocycles. The number of furan rings is 2. The second kappa shape index (κ2) is 28.9. The molecule has 0 fully saturated rings. The van der Waals surface area contributed by atoms with E-state index in [9.17, 15) is 0 Å². The fraction of sp³-hybridized carbons (Fsp3) is 0.432. The zero-order valence-corrected chi connectivity index (χ0v) is 61.5. The van der Waals surface area contributed by atoms with Gasteiger partial charge in [-0.25, -0.2) is 0 Å². The normalized spacial score (nSPS) is 14.4. The molecule has 14 rings (SSSR count). The van der Waals surface area contributed by atoms with Crippen LogP contribution < -0.4 is 4.90 Å². The van der Waals surface area contributed by atoms with Crippen LogP contribution in [0.5, 0.6) is 0 Å². The number of anilines is 3. The molecule has 0 radical (unpaired) electrons. The van der Waals surface area contributed by atoms with E-state index in [-0.39, 0.29) is 16.2 Å². The largest absolute Gasteiger partial charge is 0.456 e. The Bertz CT molecular complexity index is 4630. The Morgan fingerprint density at radius 1 is 0.316 bits per heavy atom. The summed E-state index contributed by atoms with van der Waals surface area (Å²) in [6.45, 7) is 23.6. The van der Waals surface area contributed by atoms with Crippen molar-refractivity contribution in [3.63, 3.8) is 0 Å². The molecule has 98 heavy (non-hydrogen) atoms. The van der Waals surface area contributed by atoms with Crippen LogP contribution in [0.4, 0.5) is 17.1 Å². The first-order valence-corrected chi connectivity index (χ1v) is 39.2. The fourth-order valence-electron chi connectivity index (χ4n) is 19.3. The van der Waals surface area contributed by atoms with Crippen LogP contribution in [0.2, 0.25) is 0 Å². The number of aryl methyl sites for hydroxylation is 4. The fourth-order valence-corrected chi connectivity index (χ4v) is 19.3. The first-order valence-electron chi connectivity index (χ1n) is 39.2. The molecular weight excluding hydrogens is 1190 g/mol. The molecule has 0 atom stereocenters. The Kier molecular flexibility index (Phi) is 19.9. The maximum atomic E-state index is 7.01. The van der Waals surface area contributed by atoms with Crippen molar-refractivity contribution in [1.29, 1.82) is 0 Å². The highest BCUT2D eigenvalue weighted by Gasteiger charge is 2.49. The van der Waals surface area contributed by atoms with Crippen molar-refractivity contribution in [3.05, 3.63) is 207 Å². The molecule has 508 valence electrons. The van der Waals surface area contributed by atoms with Gasteiger partial charge in [0.1, 0.15) is 22.3 Å². The van der Waals surface area contributed by atoms with Crippen molar-refractivity contribution in [2.24, 2.45) is 0 Å². The van der Waals surface area contributed by atoms with Gasteiger partial charge in [0.15, 0.2) is 0 Å². The minimum absolute atomic E-state index is 0.0947. The molecule has 3 aliphatic carbocycles. The molecule has 0 aliphatic heterocycles. The van der Waals surface area contributed by atoms with E-state index < -0.39 is 0 Å². The van der Waals surface area contributed by atoms with Crippen molar-refractivity contribution >= 4 is 60.9 Å². The van der Waals surface area contributed by atoms with Crippen LogP contribution >= 0.6 is 0 Å². The summed E-state index contributed by atoms with van der Waals surface area (Å²) in [7, 11) is 0. The van der Waals surface area contributed by atoms with Gasteiger partial charge in [0.25, 0.3) is 0 Å². The Morgan fingerprint density at radius 3 is 1.35 bits per heavy atom. The third kappa shape index (κ3) is 12.1. The molecule has 0 N–H and O–H groups in total. The van der Waals surface area contributed by atoms with Gasteiger partial charge >= 0.3 is 0 Å². The summed E-state index contributed by atoms with van der Waals surface area (Å²) in [5.41, 5.74) is 32.2. The molecule has 2 heterocycles. The van der Waals surface area contributed by atoms with Crippen LogP contribution in [-0.4, -0.2) is 0 Å². The molecule has 0 bridgehead atoms. The Labute approximate surface area is 588 Å². The highest BCUT2D eigenvalue weighted by molar-refractivity contribution is 6.19. The molecule has 11 aromatic rings. The summed E-state index contributed by atoms with van der Waals surface area (Å²) >= 11 is 0. The van der Waals surface area contributed by atoms with Crippen molar-refractivity contribution < 1.29 is 8.83 Å². The topological polar surface area (TPSA) is 29.5 Å². The third-order valence-corrected chi connectivity index (χ3v) is 24.2. The quantitative estimate of drug-likeness (QED) is 0.0394. The predicted octanol–water partition coefficient (Wildman–Crippen LogP) is 29.7. The molecule has 9 aromatic carbocycles. The number of benzene rings is 9. The van der Waals surface area contributed by atoms with Crippen molar-refractivity contribution in [3.8, 4) is 44.5 Å². The zero-order chi connectivity index (χ0) is 67.7. The van der Waals surface area contributed by atoms with E-state index in [4.69, 9.17) is 8.83 Å². The van der Waals surface area contributed by atoms with E-state index >= 15 is 0 Å². The predicted molar refractivity (Wildman–Crippen MR) is 422 cm³/mol. The first-order chi connectivity index (χ1) is 47.9. The average Bonchev–Trinajstić information content (AvgIpc) is 1.54. The van der Waals surface area contributed by atoms with Gasteiger partial charge < -0.3 is 13.7 Å². The third-order valence-electron chi connectivity index (χ3n) is 24.2. The standard InChI is InChI=1S/C95H111NO2/c1-11-15-19-23-27-37-53-94(54-38-28-24-20-16-12-2)78-51-52-86-89(73-43-33-35-45-84(73)97-86)88(78)77-63-81-75(61-82(77)94)71-49-47-69(60-80(71)95(81,55-39-29-25-21-17-13-3)56-40-30-26-22-18-14-4)96(91-66(7)57-64(5)58-67(91)8)68-48-50-72-79(59-68)93(9,10)83-62-76(70-42-32-31-41-65(70)6)92-90(87(72)83)74-44-34-36-46-85(74)98-92/h31-36,41-52,57-63H,11-30,37-40,53-56H2,1-10H3. The minimum Gasteiger partial charge on any atom is -0.456 e. The highest BCUT2D eigenvalue weighted by Crippen LogP contribution is 2.64. The summed E-state index contributed by atoms with van der Waals surface area (Å²) in [6.07, 6.45) is 35.7. The molecule has 3 heteroatoms. The molecular formula is C95H111NO2. The summed E-state index contributed by atoms with van der Waals surface area (Å²) in [5, 5.41) is 4.99. The average molecular weight is 1300 g/mol. The van der Waals surface area contributed by atoms with Crippen LogP contribution in [0, 0.1) is 27.7 Å². The zero-order valence-electron chi connectivity index (χ0n) is 61.5. The second-order valence-electron chi connectivity index (χ2n) is 31.3. The maximum Gasteiger partial charge on any atom is 0.143 e. The van der Waals surface area contributed by atoms with Crippen LogP contribution in [0.25, 0.3) is 88.4 Å². The van der Waals surface area contributed by atoms with Crippen molar-refractivity contribution in [1.82, 2.24) is 0 Å².